The van der Waals surface area contributed by atoms with Crippen molar-refractivity contribution in [1.29, 1.82) is 0 Å². The first-order valence-electron chi connectivity index (χ1n) is 9.41. The van der Waals surface area contributed by atoms with Gasteiger partial charge >= 0.3 is 6.01 Å². The molecule has 4 rings (SSSR count). The number of aromatic nitrogens is 4. The van der Waals surface area contributed by atoms with Gasteiger partial charge in [-0.1, -0.05) is 0 Å². The van der Waals surface area contributed by atoms with Crippen LogP contribution in [0.1, 0.15) is 44.3 Å². The molecule has 0 atom stereocenters. The fraction of sp³-hybridized carbons (Fsp3) is 0.381. The minimum Gasteiger partial charge on any atom is -0.467 e. The van der Waals surface area contributed by atoms with Crippen molar-refractivity contribution in [2.75, 3.05) is 7.11 Å². The lowest BCUT2D eigenvalue weighted by Crippen LogP contribution is -2.29. The van der Waals surface area contributed by atoms with Crippen molar-refractivity contribution in [3.63, 3.8) is 0 Å². The maximum atomic E-state index is 13.4. The Morgan fingerprint density at radius 1 is 1.14 bits per heavy atom. The molecule has 1 aliphatic rings. The molecule has 0 spiro atoms. The van der Waals surface area contributed by atoms with E-state index in [1.165, 1.54) is 19.2 Å². The molecule has 0 amide bonds. The number of ether oxygens (including phenoxy) is 1. The van der Waals surface area contributed by atoms with Gasteiger partial charge in [0.2, 0.25) is 0 Å². The van der Waals surface area contributed by atoms with Crippen LogP contribution in [0.4, 0.5) is 4.39 Å². The second-order valence-corrected chi connectivity index (χ2v) is 7.55. The Labute approximate surface area is 162 Å². The highest BCUT2D eigenvalue weighted by molar-refractivity contribution is 5.76. The predicted molar refractivity (Wildman–Crippen MR) is 103 cm³/mol. The summed E-state index contributed by atoms with van der Waals surface area (Å²) < 4.78 is 18.6. The highest BCUT2D eigenvalue weighted by Gasteiger charge is 2.31. The highest BCUT2D eigenvalue weighted by atomic mass is 19.1. The number of rotatable bonds is 4. The van der Waals surface area contributed by atoms with Crippen LogP contribution in [0.15, 0.2) is 36.5 Å². The molecule has 0 aliphatic heterocycles. The third kappa shape index (κ3) is 3.75. The number of nitrogens with zero attached hydrogens (tertiary/aromatic N) is 3. The normalized spacial score (nSPS) is 22.2. The third-order valence-electron chi connectivity index (χ3n) is 5.36. The Morgan fingerprint density at radius 3 is 2.54 bits per heavy atom. The third-order valence-corrected chi connectivity index (χ3v) is 5.36. The van der Waals surface area contributed by atoms with Crippen LogP contribution in [0.25, 0.3) is 22.6 Å². The molecule has 1 aromatic carbocycles. The van der Waals surface area contributed by atoms with E-state index >= 15 is 0 Å². The van der Waals surface area contributed by atoms with Crippen LogP contribution in [0.3, 0.4) is 0 Å². The Bertz CT molecular complexity index is 959. The molecule has 146 valence electrons. The summed E-state index contributed by atoms with van der Waals surface area (Å²) in [6.45, 7) is 1.88. The van der Waals surface area contributed by atoms with Crippen LogP contribution >= 0.6 is 0 Å². The number of aromatic amines is 1. The molecule has 2 heterocycles. The van der Waals surface area contributed by atoms with E-state index < -0.39 is 5.60 Å². The zero-order valence-electron chi connectivity index (χ0n) is 15.9. The van der Waals surface area contributed by atoms with Gasteiger partial charge in [0, 0.05) is 17.7 Å². The highest BCUT2D eigenvalue weighted by Crippen LogP contribution is 2.39. The van der Waals surface area contributed by atoms with Gasteiger partial charge in [-0.15, -0.1) is 0 Å². The van der Waals surface area contributed by atoms with Crippen LogP contribution in [0.5, 0.6) is 6.01 Å². The molecule has 1 saturated carbocycles. The first-order valence-corrected chi connectivity index (χ1v) is 9.41. The fourth-order valence-electron chi connectivity index (χ4n) is 3.68. The number of benzene rings is 1. The number of halogens is 1. The lowest BCUT2D eigenvalue weighted by Gasteiger charge is -2.32. The van der Waals surface area contributed by atoms with Crippen LogP contribution < -0.4 is 4.74 Å². The average molecular weight is 382 g/mol. The quantitative estimate of drug-likeness (QED) is 0.710. The number of H-pyrrole nitrogens is 1. The second kappa shape index (κ2) is 7.31. The standard InChI is InChI=1S/C21H23FN4O2/c1-21(27)10-7-14(8-11-21)19-25-17(13-3-5-15(22)6-4-13)18(26-19)16-9-12-23-20(24-16)28-2/h3-6,9,12,14,27H,7-8,10-11H2,1-2H3,(H,25,26)/t14-,21+. The average Bonchev–Trinajstić information content (AvgIpc) is 3.14. The molecule has 0 radical (unpaired) electrons. The molecule has 28 heavy (non-hydrogen) atoms. The molecule has 1 fully saturated rings. The van der Waals surface area contributed by atoms with Crippen molar-refractivity contribution in [2.45, 2.75) is 44.1 Å². The van der Waals surface area contributed by atoms with Crippen LogP contribution in [0, 0.1) is 5.82 Å². The molecule has 3 aromatic rings. The first kappa shape index (κ1) is 18.6. The molecular weight excluding hydrogens is 359 g/mol. The van der Waals surface area contributed by atoms with Gasteiger partial charge in [0.05, 0.1) is 29.8 Å². The summed E-state index contributed by atoms with van der Waals surface area (Å²) in [5, 5.41) is 10.2. The lowest BCUT2D eigenvalue weighted by molar-refractivity contribution is 0.0165. The van der Waals surface area contributed by atoms with E-state index in [1.54, 1.807) is 24.4 Å². The van der Waals surface area contributed by atoms with Gasteiger partial charge in [-0.05, 0) is 62.9 Å². The Kier molecular flexibility index (Phi) is 4.85. The maximum absolute atomic E-state index is 13.4. The van der Waals surface area contributed by atoms with Gasteiger partial charge in [0.15, 0.2) is 0 Å². The van der Waals surface area contributed by atoms with Gasteiger partial charge in [-0.3, -0.25) is 0 Å². The number of aliphatic hydroxyl groups is 1. The summed E-state index contributed by atoms with van der Waals surface area (Å²) in [5.41, 5.74) is 2.32. The van der Waals surface area contributed by atoms with E-state index in [0.717, 1.165) is 42.8 Å². The molecule has 0 bridgehead atoms. The van der Waals surface area contributed by atoms with Crippen molar-refractivity contribution in [3.05, 3.63) is 48.2 Å². The van der Waals surface area contributed by atoms with Gasteiger partial charge in [0.1, 0.15) is 11.6 Å². The minimum atomic E-state index is -0.605. The molecule has 0 unspecified atom stereocenters. The van der Waals surface area contributed by atoms with Crippen LogP contribution in [-0.2, 0) is 0 Å². The smallest absolute Gasteiger partial charge is 0.316 e. The predicted octanol–water partition coefficient (Wildman–Crippen LogP) is 4.09. The Hall–Kier alpha value is -2.80. The van der Waals surface area contributed by atoms with Crippen LogP contribution in [-0.4, -0.2) is 37.8 Å². The number of nitrogens with one attached hydrogen (secondary N) is 1. The summed E-state index contributed by atoms with van der Waals surface area (Å²) in [6, 6.07) is 8.33. The van der Waals surface area contributed by atoms with Crippen molar-refractivity contribution in [3.8, 4) is 28.7 Å². The number of imidazole rings is 1. The van der Waals surface area contributed by atoms with E-state index in [1.807, 2.05) is 6.92 Å². The van der Waals surface area contributed by atoms with E-state index in [2.05, 4.69) is 15.0 Å². The monoisotopic (exact) mass is 382 g/mol. The molecular formula is C21H23FN4O2. The summed E-state index contributed by atoms with van der Waals surface area (Å²) in [5.74, 6) is 0.804. The summed E-state index contributed by atoms with van der Waals surface area (Å²) in [6.07, 6.45) is 4.82. The first-order chi connectivity index (χ1) is 13.4. The van der Waals surface area contributed by atoms with Crippen molar-refractivity contribution >= 4 is 0 Å². The molecule has 7 heteroatoms. The largest absolute Gasteiger partial charge is 0.467 e. The number of methoxy groups -OCH3 is 1. The SMILES string of the molecule is COc1nccc(-c2[nH]c([C@H]3CC[C@@](C)(O)CC3)nc2-c2ccc(F)cc2)n1. The molecule has 6 nitrogen and oxygen atoms in total. The lowest BCUT2D eigenvalue weighted by atomic mass is 9.80. The van der Waals surface area contributed by atoms with E-state index in [4.69, 9.17) is 9.72 Å². The fourth-order valence-corrected chi connectivity index (χ4v) is 3.68. The van der Waals surface area contributed by atoms with E-state index in [9.17, 15) is 9.50 Å². The van der Waals surface area contributed by atoms with Gasteiger partial charge < -0.3 is 14.8 Å². The zero-order valence-corrected chi connectivity index (χ0v) is 15.9. The number of hydrogen-bond donors (Lipinski definition) is 2. The van der Waals surface area contributed by atoms with Gasteiger partial charge in [0.25, 0.3) is 0 Å². The maximum Gasteiger partial charge on any atom is 0.316 e. The van der Waals surface area contributed by atoms with E-state index in [-0.39, 0.29) is 17.7 Å². The Morgan fingerprint density at radius 2 is 1.86 bits per heavy atom. The van der Waals surface area contributed by atoms with Crippen LogP contribution in [0.2, 0.25) is 0 Å². The van der Waals surface area contributed by atoms with Gasteiger partial charge in [-0.2, -0.15) is 4.98 Å². The van der Waals surface area contributed by atoms with Crippen molar-refractivity contribution < 1.29 is 14.2 Å². The zero-order chi connectivity index (χ0) is 19.7. The summed E-state index contributed by atoms with van der Waals surface area (Å²) in [7, 11) is 1.52. The molecule has 0 saturated heterocycles. The van der Waals surface area contributed by atoms with Crippen molar-refractivity contribution in [2.24, 2.45) is 0 Å². The number of hydrogen-bond acceptors (Lipinski definition) is 5. The van der Waals surface area contributed by atoms with E-state index in [0.29, 0.717) is 11.4 Å². The molecule has 1 aliphatic carbocycles. The summed E-state index contributed by atoms with van der Waals surface area (Å²) in [4.78, 5) is 16.8. The van der Waals surface area contributed by atoms with Crippen molar-refractivity contribution in [1.82, 2.24) is 19.9 Å². The van der Waals surface area contributed by atoms with Gasteiger partial charge in [-0.25, -0.2) is 14.4 Å². The summed E-state index contributed by atoms with van der Waals surface area (Å²) >= 11 is 0. The topological polar surface area (TPSA) is 83.9 Å². The minimum absolute atomic E-state index is 0.233. The molecule has 2 N–H and O–H groups in total. The Balaban J connectivity index is 1.76. The molecule has 2 aromatic heterocycles. The second-order valence-electron chi connectivity index (χ2n) is 7.55.